The third-order valence-corrected chi connectivity index (χ3v) is 6.15. The van der Waals surface area contributed by atoms with Crippen LogP contribution in [0.1, 0.15) is 30.9 Å². The highest BCUT2D eigenvalue weighted by molar-refractivity contribution is 6.01. The molecule has 0 unspecified atom stereocenters. The summed E-state index contributed by atoms with van der Waals surface area (Å²) in [5.74, 6) is -0.0974. The van der Waals surface area contributed by atoms with Crippen molar-refractivity contribution in [3.05, 3.63) is 51.2 Å². The molecule has 0 bridgehead atoms. The number of hydrogen-bond acceptors (Lipinski definition) is 4. The van der Waals surface area contributed by atoms with Crippen LogP contribution in [0.3, 0.4) is 0 Å². The Morgan fingerprint density at radius 2 is 2.00 bits per heavy atom. The van der Waals surface area contributed by atoms with Crippen molar-refractivity contribution in [3.63, 3.8) is 0 Å². The number of carbonyl (C=O) groups excluding carboxylic acids is 2. The zero-order valence-electron chi connectivity index (χ0n) is 16.5. The van der Waals surface area contributed by atoms with Crippen molar-refractivity contribution in [1.82, 2.24) is 15.1 Å². The molecule has 1 atom stereocenters. The third-order valence-electron chi connectivity index (χ3n) is 6.15. The van der Waals surface area contributed by atoms with Crippen LogP contribution in [0, 0.1) is 10.1 Å². The van der Waals surface area contributed by atoms with E-state index in [1.807, 2.05) is 0 Å². The smallest absolute Gasteiger partial charge is 0.322 e. The Balaban J connectivity index is 1.57. The van der Waals surface area contributed by atoms with Gasteiger partial charge in [-0.25, -0.2) is 4.79 Å². The first-order valence-corrected chi connectivity index (χ1v) is 10.1. The van der Waals surface area contributed by atoms with E-state index in [0.29, 0.717) is 29.9 Å². The molecule has 9 nitrogen and oxygen atoms in total. The van der Waals surface area contributed by atoms with Crippen LogP contribution in [0.25, 0.3) is 0 Å². The number of quaternary nitrogens is 1. The van der Waals surface area contributed by atoms with Crippen LogP contribution in [0.4, 0.5) is 10.5 Å². The number of nitrogens with one attached hydrogen (secondary N) is 2. The van der Waals surface area contributed by atoms with Gasteiger partial charge in [0.2, 0.25) is 0 Å². The second-order valence-corrected chi connectivity index (χ2v) is 7.94. The number of rotatable bonds is 5. The molecule has 3 heterocycles. The molecule has 4 rings (SSSR count). The number of urea groups is 1. The number of amides is 3. The van der Waals surface area contributed by atoms with E-state index in [1.54, 1.807) is 24.1 Å². The van der Waals surface area contributed by atoms with E-state index in [-0.39, 0.29) is 17.6 Å². The summed E-state index contributed by atoms with van der Waals surface area (Å²) in [5, 5.41) is 14.0. The highest BCUT2D eigenvalue weighted by Crippen LogP contribution is 2.36. The summed E-state index contributed by atoms with van der Waals surface area (Å²) in [5.41, 5.74) is 1.68. The number of piperidine rings is 1. The van der Waals surface area contributed by atoms with Gasteiger partial charge in [-0.05, 0) is 24.8 Å². The van der Waals surface area contributed by atoms with Crippen LogP contribution in [0.5, 0.6) is 0 Å². The SMILES string of the molecule is CN1C(=O)N[C@H](c2cccc([N+](=O)[O-])c2)C2=C1CN(CC[NH+]1CCCCC1)C2=O. The van der Waals surface area contributed by atoms with Gasteiger partial charge < -0.3 is 15.1 Å². The average molecular weight is 400 g/mol. The summed E-state index contributed by atoms with van der Waals surface area (Å²) < 4.78 is 0. The summed E-state index contributed by atoms with van der Waals surface area (Å²) in [4.78, 5) is 41.2. The van der Waals surface area contributed by atoms with E-state index in [2.05, 4.69) is 5.32 Å². The molecule has 3 aliphatic heterocycles. The van der Waals surface area contributed by atoms with E-state index in [9.17, 15) is 19.7 Å². The summed E-state index contributed by atoms with van der Waals surface area (Å²) >= 11 is 0. The van der Waals surface area contributed by atoms with Crippen molar-refractivity contribution >= 4 is 17.6 Å². The Labute approximate surface area is 169 Å². The molecule has 0 aromatic heterocycles. The lowest BCUT2D eigenvalue weighted by Gasteiger charge is -2.31. The molecule has 0 radical (unpaired) electrons. The third kappa shape index (κ3) is 3.69. The second-order valence-electron chi connectivity index (χ2n) is 7.94. The van der Waals surface area contributed by atoms with Gasteiger partial charge in [-0.15, -0.1) is 0 Å². The first-order chi connectivity index (χ1) is 14.0. The van der Waals surface area contributed by atoms with Gasteiger partial charge in [0.05, 0.1) is 55.0 Å². The largest absolute Gasteiger partial charge is 0.333 e. The number of likely N-dealkylation sites (tertiary alicyclic amines) is 1. The highest BCUT2D eigenvalue weighted by atomic mass is 16.6. The van der Waals surface area contributed by atoms with Crippen molar-refractivity contribution in [1.29, 1.82) is 0 Å². The summed E-state index contributed by atoms with van der Waals surface area (Å²) in [6, 6.07) is 5.13. The van der Waals surface area contributed by atoms with Crippen molar-refractivity contribution in [3.8, 4) is 0 Å². The number of benzene rings is 1. The van der Waals surface area contributed by atoms with E-state index >= 15 is 0 Å². The van der Waals surface area contributed by atoms with E-state index in [4.69, 9.17) is 0 Å². The zero-order valence-corrected chi connectivity index (χ0v) is 16.5. The molecular weight excluding hydrogens is 374 g/mol. The van der Waals surface area contributed by atoms with Gasteiger partial charge >= 0.3 is 6.03 Å². The van der Waals surface area contributed by atoms with Crippen LogP contribution in [-0.4, -0.2) is 66.4 Å². The molecule has 154 valence electrons. The second kappa shape index (κ2) is 7.82. The van der Waals surface area contributed by atoms with Gasteiger partial charge in [-0.1, -0.05) is 12.1 Å². The number of nitrogens with zero attached hydrogens (tertiary/aromatic N) is 3. The lowest BCUT2D eigenvalue weighted by Crippen LogP contribution is -3.13. The zero-order chi connectivity index (χ0) is 20.5. The predicted molar refractivity (Wildman–Crippen MR) is 105 cm³/mol. The number of nitro benzene ring substituents is 1. The molecule has 0 aliphatic carbocycles. The molecule has 1 saturated heterocycles. The molecule has 2 N–H and O–H groups in total. The van der Waals surface area contributed by atoms with Crippen molar-refractivity contribution < 1.29 is 19.4 Å². The van der Waals surface area contributed by atoms with E-state index < -0.39 is 11.0 Å². The van der Waals surface area contributed by atoms with Crippen molar-refractivity contribution in [2.24, 2.45) is 0 Å². The molecule has 0 spiro atoms. The van der Waals surface area contributed by atoms with Gasteiger partial charge in [0, 0.05) is 19.2 Å². The van der Waals surface area contributed by atoms with E-state index in [0.717, 1.165) is 19.6 Å². The van der Waals surface area contributed by atoms with Gasteiger partial charge in [0.1, 0.15) is 0 Å². The van der Waals surface area contributed by atoms with Crippen molar-refractivity contribution in [2.45, 2.75) is 25.3 Å². The molecule has 9 heteroatoms. The minimum atomic E-state index is -0.673. The number of non-ortho nitro benzene ring substituents is 1. The first kappa shape index (κ1) is 19.4. The molecule has 1 aromatic rings. The van der Waals surface area contributed by atoms with Crippen LogP contribution in [-0.2, 0) is 4.79 Å². The number of nitro groups is 1. The Morgan fingerprint density at radius 1 is 1.24 bits per heavy atom. The Hall–Kier alpha value is -2.94. The Morgan fingerprint density at radius 3 is 2.72 bits per heavy atom. The minimum absolute atomic E-state index is 0.0613. The summed E-state index contributed by atoms with van der Waals surface area (Å²) in [6.07, 6.45) is 3.74. The fraction of sp³-hybridized carbons (Fsp3) is 0.500. The average Bonchev–Trinajstić information content (AvgIpc) is 3.06. The van der Waals surface area contributed by atoms with Gasteiger partial charge in [0.15, 0.2) is 0 Å². The predicted octanol–water partition coefficient (Wildman–Crippen LogP) is 0.456. The summed E-state index contributed by atoms with van der Waals surface area (Å²) in [7, 11) is 1.65. The Bertz CT molecular complexity index is 877. The van der Waals surface area contributed by atoms with Crippen LogP contribution in [0.15, 0.2) is 35.5 Å². The molecular formula is C20H26N5O4+. The quantitative estimate of drug-likeness (QED) is 0.554. The van der Waals surface area contributed by atoms with Crippen LogP contribution in [0.2, 0.25) is 0 Å². The van der Waals surface area contributed by atoms with Crippen molar-refractivity contribution in [2.75, 3.05) is 39.8 Å². The maximum atomic E-state index is 13.2. The number of carbonyl (C=O) groups is 2. The lowest BCUT2D eigenvalue weighted by atomic mass is 9.95. The molecule has 0 saturated carbocycles. The maximum absolute atomic E-state index is 13.2. The monoisotopic (exact) mass is 400 g/mol. The molecule has 1 fully saturated rings. The first-order valence-electron chi connectivity index (χ1n) is 10.1. The molecule has 1 aromatic carbocycles. The minimum Gasteiger partial charge on any atom is -0.333 e. The standard InChI is InChI=1S/C20H25N5O4/c1-22-16-13-24(11-10-23-8-3-2-4-9-23)19(26)17(16)18(21-20(22)27)14-6-5-7-15(12-14)25(28)29/h5-7,12,18H,2-4,8-11,13H2,1H3,(H,21,27)/p+1/t18-/m1/s1. The van der Waals surface area contributed by atoms with E-state index in [1.165, 1.54) is 41.2 Å². The van der Waals surface area contributed by atoms with Crippen LogP contribution >= 0.6 is 0 Å². The Kier molecular flexibility index (Phi) is 5.23. The lowest BCUT2D eigenvalue weighted by molar-refractivity contribution is -0.904. The topological polar surface area (TPSA) is 100 Å². The number of hydrogen-bond donors (Lipinski definition) is 2. The van der Waals surface area contributed by atoms with Gasteiger partial charge in [-0.3, -0.25) is 19.8 Å². The molecule has 29 heavy (non-hydrogen) atoms. The van der Waals surface area contributed by atoms with Gasteiger partial charge in [0.25, 0.3) is 11.6 Å². The number of likely N-dealkylation sites (N-methyl/N-ethyl adjacent to an activating group) is 1. The maximum Gasteiger partial charge on any atom is 0.322 e. The fourth-order valence-corrected chi connectivity index (χ4v) is 4.47. The fourth-order valence-electron chi connectivity index (χ4n) is 4.47. The van der Waals surface area contributed by atoms with Gasteiger partial charge in [-0.2, -0.15) is 0 Å². The molecule has 3 aliphatic rings. The van der Waals surface area contributed by atoms with Crippen LogP contribution < -0.4 is 10.2 Å². The molecule has 3 amide bonds. The highest BCUT2D eigenvalue weighted by Gasteiger charge is 2.43. The summed E-state index contributed by atoms with van der Waals surface area (Å²) in [6.45, 7) is 4.23. The normalized spacial score (nSPS) is 22.7.